The molecule has 1 saturated heterocycles. The monoisotopic (exact) mass is 336 g/mol. The number of amidine groups is 1. The van der Waals surface area contributed by atoms with Crippen LogP contribution in [-0.2, 0) is 0 Å². The maximum Gasteiger partial charge on any atom is 0.138 e. The van der Waals surface area contributed by atoms with Crippen LogP contribution in [0.15, 0.2) is 22.2 Å². The summed E-state index contributed by atoms with van der Waals surface area (Å²) in [4.78, 5) is 8.85. The largest absolute Gasteiger partial charge is 0.353 e. The lowest BCUT2D eigenvalue weighted by Crippen LogP contribution is -2.47. The number of nitrogens with one attached hydrogen (secondary N) is 2. The van der Waals surface area contributed by atoms with Crippen molar-refractivity contribution in [2.75, 3.05) is 39.8 Å². The van der Waals surface area contributed by atoms with Crippen LogP contribution in [0.25, 0.3) is 0 Å². The number of hydrogen-bond donors (Lipinski definition) is 2. The molecule has 0 aromatic rings. The highest BCUT2D eigenvalue weighted by Gasteiger charge is 2.18. The highest BCUT2D eigenvalue weighted by Crippen LogP contribution is 2.07. The maximum atomic E-state index is 7.41. The second-order valence-corrected chi connectivity index (χ2v) is 6.24. The molecule has 1 atom stereocenters. The number of rotatable bonds is 7. The van der Waals surface area contributed by atoms with Crippen molar-refractivity contribution in [3.05, 3.63) is 12.2 Å². The van der Waals surface area contributed by atoms with E-state index in [0.29, 0.717) is 17.4 Å². The molecule has 0 saturated carbocycles. The van der Waals surface area contributed by atoms with Crippen LogP contribution >= 0.6 is 0 Å². The zero-order valence-electron chi connectivity index (χ0n) is 16.3. The Bertz CT molecular complexity index is 419. The van der Waals surface area contributed by atoms with E-state index in [0.717, 1.165) is 38.6 Å². The van der Waals surface area contributed by atoms with Gasteiger partial charge in [0.2, 0.25) is 0 Å². The molecule has 1 aliphatic heterocycles. The van der Waals surface area contributed by atoms with Crippen molar-refractivity contribution in [3.8, 4) is 0 Å². The fourth-order valence-electron chi connectivity index (χ4n) is 2.01. The molecule has 0 aromatic heterocycles. The van der Waals surface area contributed by atoms with Gasteiger partial charge >= 0.3 is 0 Å². The lowest BCUT2D eigenvalue weighted by molar-refractivity contribution is 0.216. The van der Waals surface area contributed by atoms with Crippen molar-refractivity contribution in [2.45, 2.75) is 34.6 Å². The molecule has 0 amide bonds. The van der Waals surface area contributed by atoms with E-state index in [1.165, 1.54) is 12.6 Å². The summed E-state index contributed by atoms with van der Waals surface area (Å²) in [6, 6.07) is 0. The van der Waals surface area contributed by atoms with E-state index in [4.69, 9.17) is 5.41 Å². The first-order chi connectivity index (χ1) is 11.5. The van der Waals surface area contributed by atoms with Gasteiger partial charge in [-0.3, -0.25) is 0 Å². The molecule has 138 valence electrons. The molecule has 1 unspecified atom stereocenters. The molecule has 1 heterocycles. The Morgan fingerprint density at radius 2 is 1.79 bits per heavy atom. The summed E-state index contributed by atoms with van der Waals surface area (Å²) in [6.45, 7) is 19.1. The van der Waals surface area contributed by atoms with Crippen LogP contribution < -0.4 is 5.43 Å². The molecule has 2 N–H and O–H groups in total. The summed E-state index contributed by atoms with van der Waals surface area (Å²) in [7, 11) is 2.11. The van der Waals surface area contributed by atoms with Gasteiger partial charge in [0.25, 0.3) is 0 Å². The van der Waals surface area contributed by atoms with Crippen LogP contribution in [0.3, 0.4) is 0 Å². The molecule has 24 heavy (non-hydrogen) atoms. The van der Waals surface area contributed by atoms with Gasteiger partial charge in [0.05, 0.1) is 0 Å². The molecule has 0 radical (unpaired) electrons. The molecule has 0 aromatic carbocycles. The average Bonchev–Trinajstić information content (AvgIpc) is 2.60. The predicted molar refractivity (Wildman–Crippen MR) is 106 cm³/mol. The minimum Gasteiger partial charge on any atom is -0.353 e. The molecule has 0 aliphatic carbocycles. The normalized spacial score (nSPS) is 17.5. The molecule has 0 bridgehead atoms. The van der Waals surface area contributed by atoms with Crippen LogP contribution in [0, 0.1) is 17.2 Å². The van der Waals surface area contributed by atoms with E-state index in [-0.39, 0.29) is 0 Å². The van der Waals surface area contributed by atoms with Crippen molar-refractivity contribution in [1.82, 2.24) is 15.2 Å². The third-order valence-corrected chi connectivity index (χ3v) is 4.14. The van der Waals surface area contributed by atoms with Gasteiger partial charge in [-0.1, -0.05) is 41.2 Å². The minimum absolute atomic E-state index is 0.565. The number of likely N-dealkylation sites (N-methyl/N-ethyl adjacent to an activating group) is 1. The van der Waals surface area contributed by atoms with Gasteiger partial charge in [-0.2, -0.15) is 5.10 Å². The first kappa shape index (κ1) is 22.3. The van der Waals surface area contributed by atoms with Crippen LogP contribution in [0.4, 0.5) is 0 Å². The second kappa shape index (κ2) is 12.7. The van der Waals surface area contributed by atoms with Gasteiger partial charge in [0.15, 0.2) is 0 Å². The van der Waals surface area contributed by atoms with Crippen molar-refractivity contribution in [1.29, 1.82) is 5.41 Å². The third-order valence-electron chi connectivity index (χ3n) is 4.14. The van der Waals surface area contributed by atoms with Crippen LogP contribution in [0.1, 0.15) is 34.6 Å². The van der Waals surface area contributed by atoms with Crippen molar-refractivity contribution >= 4 is 18.4 Å². The highest BCUT2D eigenvalue weighted by molar-refractivity contribution is 6.15. The highest BCUT2D eigenvalue weighted by atomic mass is 15.3. The Labute approximate surface area is 148 Å². The molecule has 1 aliphatic rings. The van der Waals surface area contributed by atoms with Crippen molar-refractivity contribution in [2.24, 2.45) is 21.9 Å². The maximum absolute atomic E-state index is 7.41. The van der Waals surface area contributed by atoms with Crippen LogP contribution in [0.5, 0.6) is 0 Å². The van der Waals surface area contributed by atoms with E-state index < -0.39 is 0 Å². The molecular weight excluding hydrogens is 300 g/mol. The summed E-state index contributed by atoms with van der Waals surface area (Å²) in [5.74, 6) is 1.94. The number of piperazine rings is 1. The first-order valence-corrected chi connectivity index (χ1v) is 8.91. The van der Waals surface area contributed by atoms with Gasteiger partial charge in [-0.05, 0) is 18.9 Å². The summed E-state index contributed by atoms with van der Waals surface area (Å²) < 4.78 is 0. The number of aliphatic imine (C=N–C) groups is 1. The average molecular weight is 337 g/mol. The van der Waals surface area contributed by atoms with Gasteiger partial charge in [0, 0.05) is 44.5 Å². The minimum atomic E-state index is 0.565. The standard InChI is InChI=1S/C16H30N6.C2H6/c1-13(2)15(4)11-19-20-12-18-16(14(3)10-17)22-8-6-21(5)7-9-22;1-2/h10,12-13,15,17,19H,3,6-9,11H2,1-2,4-5H3;1-2H3/b17-10?,18-16?,20-12-;. The van der Waals surface area contributed by atoms with Gasteiger partial charge in [0.1, 0.15) is 12.2 Å². The predicted octanol–water partition coefficient (Wildman–Crippen LogP) is 2.69. The van der Waals surface area contributed by atoms with Crippen LogP contribution in [0.2, 0.25) is 0 Å². The SMILES string of the molecule is C=C(C=N)C(=N/C=N\NCC(C)C(C)C)N1CCN(C)CC1.CC. The number of hydrazone groups is 1. The van der Waals surface area contributed by atoms with E-state index in [9.17, 15) is 0 Å². The van der Waals surface area contributed by atoms with Gasteiger partial charge in [-0.15, -0.1) is 0 Å². The Balaban J connectivity index is 0.00000254. The Hall–Kier alpha value is -1.69. The second-order valence-electron chi connectivity index (χ2n) is 6.24. The Kier molecular flexibility index (Phi) is 11.8. The fraction of sp³-hybridized carbons (Fsp3) is 0.722. The zero-order chi connectivity index (χ0) is 18.5. The quantitative estimate of drug-likeness (QED) is 0.427. The van der Waals surface area contributed by atoms with Gasteiger partial charge in [-0.25, -0.2) is 4.99 Å². The van der Waals surface area contributed by atoms with Crippen LogP contribution in [-0.4, -0.2) is 68.0 Å². The van der Waals surface area contributed by atoms with Crippen molar-refractivity contribution < 1.29 is 0 Å². The molecule has 6 heteroatoms. The Morgan fingerprint density at radius 3 is 2.29 bits per heavy atom. The smallest absolute Gasteiger partial charge is 0.138 e. The van der Waals surface area contributed by atoms with E-state index in [1.54, 1.807) is 0 Å². The topological polar surface area (TPSA) is 67.1 Å². The van der Waals surface area contributed by atoms with Crippen molar-refractivity contribution in [3.63, 3.8) is 0 Å². The molecule has 1 rings (SSSR count). The lowest BCUT2D eigenvalue weighted by Gasteiger charge is -2.34. The molecule has 1 fully saturated rings. The summed E-state index contributed by atoms with van der Waals surface area (Å²) in [5.41, 5.74) is 3.65. The van der Waals surface area contributed by atoms with E-state index in [2.05, 4.69) is 59.7 Å². The molecular formula is C18H36N6. The molecule has 0 spiro atoms. The van der Waals surface area contributed by atoms with Gasteiger partial charge < -0.3 is 20.6 Å². The van der Waals surface area contributed by atoms with E-state index in [1.807, 2.05) is 13.8 Å². The Morgan fingerprint density at radius 1 is 1.21 bits per heavy atom. The fourth-order valence-corrected chi connectivity index (χ4v) is 2.01. The lowest BCUT2D eigenvalue weighted by atomic mass is 9.99. The summed E-state index contributed by atoms with van der Waals surface area (Å²) in [6.07, 6.45) is 2.77. The number of nitrogens with zero attached hydrogens (tertiary/aromatic N) is 4. The summed E-state index contributed by atoms with van der Waals surface area (Å²) in [5, 5.41) is 11.6. The third kappa shape index (κ3) is 8.24. The van der Waals surface area contributed by atoms with E-state index >= 15 is 0 Å². The zero-order valence-corrected chi connectivity index (χ0v) is 16.3. The molecule has 6 nitrogen and oxygen atoms in total. The summed E-state index contributed by atoms with van der Waals surface area (Å²) >= 11 is 0. The first-order valence-electron chi connectivity index (χ1n) is 8.91. The number of hydrogen-bond acceptors (Lipinski definition) is 4.